The summed E-state index contributed by atoms with van der Waals surface area (Å²) < 4.78 is 29.4. The maximum atomic E-state index is 11.8. The molecular formula is C12H10BrNO3S. The van der Waals surface area contributed by atoms with Gasteiger partial charge in [-0.25, -0.2) is 0 Å². The van der Waals surface area contributed by atoms with Gasteiger partial charge in [-0.1, -0.05) is 18.2 Å². The van der Waals surface area contributed by atoms with Crippen molar-refractivity contribution in [1.82, 2.24) is 4.98 Å². The molecule has 0 saturated heterocycles. The molecule has 0 atom stereocenters. The molecule has 0 radical (unpaired) electrons. The molecule has 1 aromatic heterocycles. The Bertz CT molecular complexity index is 629. The smallest absolute Gasteiger partial charge is 0.263 e. The SMILES string of the molecule is O=S(=O)(OCc1cncc(Br)c1)c1ccccc1. The molecule has 0 aliphatic rings. The predicted molar refractivity (Wildman–Crippen MR) is 70.4 cm³/mol. The number of benzene rings is 1. The van der Waals surface area contributed by atoms with Gasteiger partial charge in [0.25, 0.3) is 10.1 Å². The molecule has 1 aromatic carbocycles. The summed E-state index contributed by atoms with van der Waals surface area (Å²) in [6.45, 7) is -0.0380. The predicted octanol–water partition coefficient (Wildman–Crippen LogP) is 2.75. The van der Waals surface area contributed by atoms with Crippen molar-refractivity contribution in [2.45, 2.75) is 11.5 Å². The van der Waals surface area contributed by atoms with Crippen LogP contribution in [0.15, 0.2) is 58.2 Å². The van der Waals surface area contributed by atoms with Gasteiger partial charge in [0.05, 0.1) is 11.5 Å². The van der Waals surface area contributed by atoms with E-state index in [1.54, 1.807) is 36.7 Å². The van der Waals surface area contributed by atoms with Gasteiger partial charge in [0.15, 0.2) is 0 Å². The number of aromatic nitrogens is 1. The van der Waals surface area contributed by atoms with Crippen LogP contribution in [0.5, 0.6) is 0 Å². The first-order valence-electron chi connectivity index (χ1n) is 5.12. The van der Waals surface area contributed by atoms with E-state index in [1.807, 2.05) is 0 Å². The Kier molecular flexibility index (Phi) is 4.11. The van der Waals surface area contributed by atoms with Gasteiger partial charge >= 0.3 is 0 Å². The molecule has 0 spiro atoms. The summed E-state index contributed by atoms with van der Waals surface area (Å²) in [5.74, 6) is 0. The van der Waals surface area contributed by atoms with E-state index in [2.05, 4.69) is 20.9 Å². The summed E-state index contributed by atoms with van der Waals surface area (Å²) in [6, 6.07) is 9.79. The summed E-state index contributed by atoms with van der Waals surface area (Å²) in [5, 5.41) is 0. The van der Waals surface area contributed by atoms with Crippen LogP contribution in [-0.2, 0) is 20.9 Å². The van der Waals surface area contributed by atoms with E-state index in [1.165, 1.54) is 12.1 Å². The third kappa shape index (κ3) is 3.38. The lowest BCUT2D eigenvalue weighted by molar-refractivity contribution is 0.307. The van der Waals surface area contributed by atoms with Gasteiger partial charge in [0.1, 0.15) is 0 Å². The highest BCUT2D eigenvalue weighted by Gasteiger charge is 2.14. The van der Waals surface area contributed by atoms with E-state index >= 15 is 0 Å². The lowest BCUT2D eigenvalue weighted by atomic mass is 10.3. The molecule has 1 heterocycles. The van der Waals surface area contributed by atoms with Gasteiger partial charge in [0, 0.05) is 16.9 Å². The largest absolute Gasteiger partial charge is 0.297 e. The van der Waals surface area contributed by atoms with Gasteiger partial charge in [-0.15, -0.1) is 0 Å². The van der Waals surface area contributed by atoms with Gasteiger partial charge < -0.3 is 0 Å². The van der Waals surface area contributed by atoms with Crippen LogP contribution in [0, 0.1) is 0 Å². The molecule has 0 fully saturated rings. The molecule has 0 saturated carbocycles. The second kappa shape index (κ2) is 5.60. The molecule has 18 heavy (non-hydrogen) atoms. The van der Waals surface area contributed by atoms with Gasteiger partial charge in [0.2, 0.25) is 0 Å². The molecule has 0 amide bonds. The molecule has 0 N–H and O–H groups in total. The Labute approximate surface area is 114 Å². The van der Waals surface area contributed by atoms with Crippen molar-refractivity contribution in [3.63, 3.8) is 0 Å². The molecule has 0 aliphatic carbocycles. The van der Waals surface area contributed by atoms with Crippen LogP contribution in [0.3, 0.4) is 0 Å². The van der Waals surface area contributed by atoms with Crippen molar-refractivity contribution in [2.24, 2.45) is 0 Å². The first-order valence-corrected chi connectivity index (χ1v) is 7.32. The van der Waals surface area contributed by atoms with Crippen molar-refractivity contribution in [3.8, 4) is 0 Å². The first kappa shape index (κ1) is 13.2. The van der Waals surface area contributed by atoms with Crippen molar-refractivity contribution < 1.29 is 12.6 Å². The van der Waals surface area contributed by atoms with E-state index in [4.69, 9.17) is 4.18 Å². The summed E-state index contributed by atoms with van der Waals surface area (Å²) in [4.78, 5) is 4.08. The monoisotopic (exact) mass is 327 g/mol. The fraction of sp³-hybridized carbons (Fsp3) is 0.0833. The average molecular weight is 328 g/mol. The van der Waals surface area contributed by atoms with Gasteiger partial charge in [-0.3, -0.25) is 9.17 Å². The van der Waals surface area contributed by atoms with Crippen LogP contribution in [-0.4, -0.2) is 13.4 Å². The standard InChI is InChI=1S/C12H10BrNO3S/c13-11-6-10(7-14-8-11)9-17-18(15,16)12-4-2-1-3-5-12/h1-8H,9H2. The Hall–Kier alpha value is -1.24. The summed E-state index contributed by atoms with van der Waals surface area (Å²) in [5.41, 5.74) is 0.684. The van der Waals surface area contributed by atoms with Crippen molar-refractivity contribution in [2.75, 3.05) is 0 Å². The Morgan fingerprint density at radius 2 is 1.89 bits per heavy atom. The number of nitrogens with zero attached hydrogens (tertiary/aromatic N) is 1. The highest BCUT2D eigenvalue weighted by Crippen LogP contribution is 2.15. The van der Waals surface area contributed by atoms with Crippen LogP contribution in [0.25, 0.3) is 0 Å². The molecular weight excluding hydrogens is 318 g/mol. The molecule has 0 bridgehead atoms. The topological polar surface area (TPSA) is 56.3 Å². The number of halogens is 1. The van der Waals surface area contributed by atoms with Crippen LogP contribution < -0.4 is 0 Å². The lowest BCUT2D eigenvalue weighted by Gasteiger charge is -2.05. The summed E-state index contributed by atoms with van der Waals surface area (Å²) in [6.07, 6.45) is 3.18. The Balaban J connectivity index is 2.11. The van der Waals surface area contributed by atoms with E-state index in [-0.39, 0.29) is 11.5 Å². The minimum absolute atomic E-state index is 0.0380. The van der Waals surface area contributed by atoms with Crippen LogP contribution >= 0.6 is 15.9 Å². The minimum atomic E-state index is -3.71. The fourth-order valence-electron chi connectivity index (χ4n) is 1.34. The molecule has 94 valence electrons. The quantitative estimate of drug-likeness (QED) is 0.810. The molecule has 2 rings (SSSR count). The molecule has 0 aliphatic heterocycles. The first-order chi connectivity index (χ1) is 8.58. The lowest BCUT2D eigenvalue weighted by Crippen LogP contribution is -2.06. The maximum absolute atomic E-state index is 11.8. The average Bonchev–Trinajstić information content (AvgIpc) is 2.38. The maximum Gasteiger partial charge on any atom is 0.297 e. The van der Waals surface area contributed by atoms with Crippen molar-refractivity contribution in [1.29, 1.82) is 0 Å². The summed E-state index contributed by atoms with van der Waals surface area (Å²) in [7, 11) is -3.71. The molecule has 4 nitrogen and oxygen atoms in total. The molecule has 0 unspecified atom stereocenters. The minimum Gasteiger partial charge on any atom is -0.263 e. The number of hydrogen-bond donors (Lipinski definition) is 0. The van der Waals surface area contributed by atoms with Crippen LogP contribution in [0.2, 0.25) is 0 Å². The highest BCUT2D eigenvalue weighted by atomic mass is 79.9. The van der Waals surface area contributed by atoms with E-state index in [0.717, 1.165) is 4.47 Å². The molecule has 6 heteroatoms. The normalized spacial score (nSPS) is 11.4. The Morgan fingerprint density at radius 1 is 1.17 bits per heavy atom. The zero-order valence-electron chi connectivity index (χ0n) is 9.28. The van der Waals surface area contributed by atoms with E-state index < -0.39 is 10.1 Å². The van der Waals surface area contributed by atoms with Gasteiger partial charge in [-0.2, -0.15) is 8.42 Å². The highest BCUT2D eigenvalue weighted by molar-refractivity contribution is 9.10. The van der Waals surface area contributed by atoms with Crippen LogP contribution in [0.4, 0.5) is 0 Å². The number of pyridine rings is 1. The van der Waals surface area contributed by atoms with E-state index in [0.29, 0.717) is 5.56 Å². The number of hydrogen-bond acceptors (Lipinski definition) is 4. The number of rotatable bonds is 4. The fourth-order valence-corrected chi connectivity index (χ4v) is 2.67. The third-order valence-electron chi connectivity index (χ3n) is 2.17. The zero-order valence-corrected chi connectivity index (χ0v) is 11.7. The van der Waals surface area contributed by atoms with E-state index in [9.17, 15) is 8.42 Å². The third-order valence-corrected chi connectivity index (χ3v) is 3.89. The van der Waals surface area contributed by atoms with Crippen molar-refractivity contribution in [3.05, 3.63) is 58.8 Å². The van der Waals surface area contributed by atoms with Crippen LogP contribution in [0.1, 0.15) is 5.56 Å². The second-order valence-electron chi connectivity index (χ2n) is 3.54. The molecule has 2 aromatic rings. The zero-order chi connectivity index (χ0) is 13.0. The Morgan fingerprint density at radius 3 is 2.56 bits per heavy atom. The summed E-state index contributed by atoms with van der Waals surface area (Å²) >= 11 is 3.26. The van der Waals surface area contributed by atoms with Gasteiger partial charge in [-0.05, 0) is 39.7 Å². The second-order valence-corrected chi connectivity index (χ2v) is 6.07. The van der Waals surface area contributed by atoms with Crippen molar-refractivity contribution >= 4 is 26.0 Å².